The highest BCUT2D eigenvalue weighted by Gasteiger charge is 2.12. The van der Waals surface area contributed by atoms with Gasteiger partial charge in [0.25, 0.3) is 0 Å². The van der Waals surface area contributed by atoms with Crippen molar-refractivity contribution in [2.45, 2.75) is 12.8 Å². The van der Waals surface area contributed by atoms with E-state index in [1.54, 1.807) is 18.2 Å². The molecule has 0 aliphatic carbocycles. The third kappa shape index (κ3) is 8.87. The second-order valence-electron chi connectivity index (χ2n) is 6.74. The van der Waals surface area contributed by atoms with E-state index in [4.69, 9.17) is 14.6 Å². The SMILES string of the molecule is I.NS(=O)(=O)CCN=C(NCCc1cccc(F)c1)Nc1ccc2c(c1)OCCCO2. The predicted octanol–water partition coefficient (Wildman–Crippen LogP) is 2.49. The fraction of sp³-hybridized carbons (Fsp3) is 0.350. The Morgan fingerprint density at radius 2 is 1.90 bits per heavy atom. The monoisotopic (exact) mass is 564 g/mol. The Labute approximate surface area is 198 Å². The highest BCUT2D eigenvalue weighted by atomic mass is 127. The molecule has 2 aromatic rings. The average Bonchev–Trinajstić information content (AvgIpc) is 2.92. The van der Waals surface area contributed by atoms with E-state index in [0.29, 0.717) is 49.3 Å². The largest absolute Gasteiger partial charge is 0.490 e. The molecule has 0 fully saturated rings. The third-order valence-corrected chi connectivity index (χ3v) is 5.00. The van der Waals surface area contributed by atoms with Crippen LogP contribution in [0.1, 0.15) is 12.0 Å². The van der Waals surface area contributed by atoms with Gasteiger partial charge in [0.1, 0.15) is 5.82 Å². The molecule has 0 unspecified atom stereocenters. The number of primary sulfonamides is 1. The summed E-state index contributed by atoms with van der Waals surface area (Å²) in [6, 6.07) is 11.8. The van der Waals surface area contributed by atoms with E-state index >= 15 is 0 Å². The molecule has 0 spiro atoms. The van der Waals surface area contributed by atoms with Gasteiger partial charge in [-0.1, -0.05) is 12.1 Å². The van der Waals surface area contributed by atoms with Gasteiger partial charge < -0.3 is 20.1 Å². The van der Waals surface area contributed by atoms with Gasteiger partial charge in [-0.3, -0.25) is 4.99 Å². The van der Waals surface area contributed by atoms with Crippen LogP contribution in [-0.2, 0) is 16.4 Å². The molecular formula is C20H26FIN4O4S. The normalized spacial score (nSPS) is 13.7. The second kappa shape index (κ2) is 12.1. The van der Waals surface area contributed by atoms with Crippen LogP contribution in [0.5, 0.6) is 11.5 Å². The summed E-state index contributed by atoms with van der Waals surface area (Å²) in [5.74, 6) is 1.11. The summed E-state index contributed by atoms with van der Waals surface area (Å²) in [6.45, 7) is 1.63. The molecule has 0 saturated heterocycles. The number of halogens is 2. The second-order valence-corrected chi connectivity index (χ2v) is 8.47. The van der Waals surface area contributed by atoms with Gasteiger partial charge in [0, 0.05) is 24.7 Å². The van der Waals surface area contributed by atoms with E-state index in [1.165, 1.54) is 12.1 Å². The van der Waals surface area contributed by atoms with E-state index in [0.717, 1.165) is 12.0 Å². The minimum absolute atomic E-state index is 0. The molecule has 1 aliphatic rings. The number of rotatable bonds is 7. The first-order valence-electron chi connectivity index (χ1n) is 9.59. The Morgan fingerprint density at radius 1 is 1.13 bits per heavy atom. The summed E-state index contributed by atoms with van der Waals surface area (Å²) in [6.07, 6.45) is 1.37. The van der Waals surface area contributed by atoms with Crippen LogP contribution in [0, 0.1) is 5.82 Å². The average molecular weight is 564 g/mol. The van der Waals surface area contributed by atoms with Crippen molar-refractivity contribution in [2.24, 2.45) is 10.1 Å². The molecule has 4 N–H and O–H groups in total. The smallest absolute Gasteiger partial charge is 0.210 e. The Bertz CT molecular complexity index is 1000. The van der Waals surface area contributed by atoms with Crippen LogP contribution in [0.4, 0.5) is 10.1 Å². The molecule has 170 valence electrons. The van der Waals surface area contributed by atoms with E-state index in [1.807, 2.05) is 12.1 Å². The number of anilines is 1. The Morgan fingerprint density at radius 3 is 2.65 bits per heavy atom. The maximum atomic E-state index is 13.3. The van der Waals surface area contributed by atoms with Crippen molar-refractivity contribution in [3.63, 3.8) is 0 Å². The summed E-state index contributed by atoms with van der Waals surface area (Å²) >= 11 is 0. The highest BCUT2D eigenvalue weighted by molar-refractivity contribution is 14.0. The molecule has 0 radical (unpaired) electrons. The van der Waals surface area contributed by atoms with Crippen molar-refractivity contribution < 1.29 is 22.3 Å². The number of benzene rings is 2. The van der Waals surface area contributed by atoms with Crippen molar-refractivity contribution in [3.8, 4) is 11.5 Å². The van der Waals surface area contributed by atoms with Gasteiger partial charge in [-0.2, -0.15) is 0 Å². The maximum Gasteiger partial charge on any atom is 0.210 e. The summed E-state index contributed by atoms with van der Waals surface area (Å²) in [4.78, 5) is 4.27. The van der Waals surface area contributed by atoms with Gasteiger partial charge in [-0.15, -0.1) is 24.0 Å². The Kier molecular flexibility index (Phi) is 9.78. The summed E-state index contributed by atoms with van der Waals surface area (Å²) in [7, 11) is -3.62. The summed E-state index contributed by atoms with van der Waals surface area (Å²) in [5, 5.41) is 11.3. The minimum Gasteiger partial charge on any atom is -0.490 e. The van der Waals surface area contributed by atoms with Crippen molar-refractivity contribution in [1.82, 2.24) is 5.32 Å². The van der Waals surface area contributed by atoms with E-state index in [9.17, 15) is 12.8 Å². The molecule has 2 aromatic carbocycles. The molecule has 11 heteroatoms. The third-order valence-electron chi connectivity index (χ3n) is 4.25. The number of guanidine groups is 1. The van der Waals surface area contributed by atoms with Crippen molar-refractivity contribution >= 4 is 45.6 Å². The zero-order chi connectivity index (χ0) is 21.4. The number of hydrogen-bond acceptors (Lipinski definition) is 5. The molecule has 3 rings (SSSR count). The van der Waals surface area contributed by atoms with Crippen molar-refractivity contribution in [3.05, 3.63) is 53.8 Å². The van der Waals surface area contributed by atoms with Crippen LogP contribution in [0.15, 0.2) is 47.5 Å². The van der Waals surface area contributed by atoms with Crippen LogP contribution < -0.4 is 25.2 Å². The number of fused-ring (bicyclic) bond motifs is 1. The number of nitrogens with one attached hydrogen (secondary N) is 2. The first-order chi connectivity index (χ1) is 14.4. The van der Waals surface area contributed by atoms with Crippen LogP contribution in [0.25, 0.3) is 0 Å². The van der Waals surface area contributed by atoms with Crippen LogP contribution in [0.3, 0.4) is 0 Å². The van der Waals surface area contributed by atoms with Crippen LogP contribution in [-0.4, -0.2) is 46.4 Å². The van der Waals surface area contributed by atoms with Gasteiger partial charge in [-0.25, -0.2) is 17.9 Å². The lowest BCUT2D eigenvalue weighted by molar-refractivity contribution is 0.297. The topological polar surface area (TPSA) is 115 Å². The zero-order valence-electron chi connectivity index (χ0n) is 16.8. The molecule has 8 nitrogen and oxygen atoms in total. The van der Waals surface area contributed by atoms with Gasteiger partial charge in [0.2, 0.25) is 10.0 Å². The number of nitrogens with zero attached hydrogens (tertiary/aromatic N) is 1. The number of hydrogen-bond donors (Lipinski definition) is 3. The number of aliphatic imine (C=N–C) groups is 1. The molecule has 1 heterocycles. The van der Waals surface area contributed by atoms with Gasteiger partial charge in [0.05, 0.1) is 25.5 Å². The standard InChI is InChI=1S/C20H25FN4O4S.HI/c21-16-4-1-3-15(13-16)7-8-23-20(24-9-12-30(22,26)27)25-17-5-6-18-19(14-17)29-11-2-10-28-18;/h1,3-6,13-14H,2,7-12H2,(H2,22,26,27)(H2,23,24,25);1H. The van der Waals surface area contributed by atoms with Crippen molar-refractivity contribution in [1.29, 1.82) is 0 Å². The highest BCUT2D eigenvalue weighted by Crippen LogP contribution is 2.32. The number of nitrogens with two attached hydrogens (primary N) is 1. The molecule has 0 saturated carbocycles. The van der Waals surface area contributed by atoms with E-state index in [-0.39, 0.29) is 42.1 Å². The Hall–Kier alpha value is -2.12. The number of ether oxygens (including phenoxy) is 2. The van der Waals surface area contributed by atoms with E-state index in [2.05, 4.69) is 15.6 Å². The lowest BCUT2D eigenvalue weighted by atomic mass is 10.1. The lowest BCUT2D eigenvalue weighted by Gasteiger charge is -2.14. The minimum atomic E-state index is -3.62. The fourth-order valence-corrected chi connectivity index (χ4v) is 3.17. The van der Waals surface area contributed by atoms with Gasteiger partial charge in [0.15, 0.2) is 17.5 Å². The van der Waals surface area contributed by atoms with Gasteiger partial charge in [-0.05, 0) is 36.2 Å². The molecule has 0 aromatic heterocycles. The molecular weight excluding hydrogens is 538 g/mol. The predicted molar refractivity (Wildman–Crippen MR) is 129 cm³/mol. The molecule has 0 bridgehead atoms. The first-order valence-corrected chi connectivity index (χ1v) is 11.3. The molecule has 0 atom stereocenters. The zero-order valence-corrected chi connectivity index (χ0v) is 20.0. The van der Waals surface area contributed by atoms with Crippen molar-refractivity contribution in [2.75, 3.05) is 37.4 Å². The maximum absolute atomic E-state index is 13.3. The van der Waals surface area contributed by atoms with Crippen LogP contribution >= 0.6 is 24.0 Å². The van der Waals surface area contributed by atoms with E-state index < -0.39 is 10.0 Å². The lowest BCUT2D eigenvalue weighted by Crippen LogP contribution is -2.33. The Balaban J connectivity index is 0.00000341. The number of sulfonamides is 1. The molecule has 31 heavy (non-hydrogen) atoms. The molecule has 0 amide bonds. The van der Waals surface area contributed by atoms with Gasteiger partial charge >= 0.3 is 0 Å². The summed E-state index contributed by atoms with van der Waals surface area (Å²) < 4.78 is 47.0. The quantitative estimate of drug-likeness (QED) is 0.271. The summed E-state index contributed by atoms with van der Waals surface area (Å²) in [5.41, 5.74) is 1.54. The molecule has 1 aliphatic heterocycles. The van der Waals surface area contributed by atoms with Crippen LogP contribution in [0.2, 0.25) is 0 Å². The first kappa shape index (κ1) is 25.1. The fourth-order valence-electron chi connectivity index (χ4n) is 2.82.